The summed E-state index contributed by atoms with van der Waals surface area (Å²) in [5, 5.41) is 0. The van der Waals surface area contributed by atoms with Gasteiger partial charge in [-0.15, -0.1) is 0 Å². The number of hydrogen-bond acceptors (Lipinski definition) is 2. The first-order valence-electron chi connectivity index (χ1n) is 5.19. The van der Waals surface area contributed by atoms with Crippen molar-refractivity contribution in [1.82, 2.24) is 0 Å². The van der Waals surface area contributed by atoms with E-state index in [9.17, 15) is 0 Å². The Morgan fingerprint density at radius 3 is 2.33 bits per heavy atom. The second-order valence-electron chi connectivity index (χ2n) is 4.70. The van der Waals surface area contributed by atoms with Gasteiger partial charge in [0.2, 0.25) is 0 Å². The van der Waals surface area contributed by atoms with Crippen LogP contribution in [-0.2, 0) is 5.41 Å². The molecule has 0 heterocycles. The molecule has 0 saturated heterocycles. The molecular weight excluding hydrogens is 204 g/mol. The van der Waals surface area contributed by atoms with E-state index in [4.69, 9.17) is 4.74 Å². The summed E-state index contributed by atoms with van der Waals surface area (Å²) < 4.78 is 5.49. The topological polar surface area (TPSA) is 9.23 Å². The summed E-state index contributed by atoms with van der Waals surface area (Å²) in [5.41, 5.74) is 3.77. The van der Waals surface area contributed by atoms with Gasteiger partial charge in [-0.2, -0.15) is 12.6 Å². The van der Waals surface area contributed by atoms with E-state index in [1.54, 1.807) is 7.11 Å². The zero-order valence-corrected chi connectivity index (χ0v) is 11.1. The van der Waals surface area contributed by atoms with Crippen LogP contribution in [0, 0.1) is 13.8 Å². The predicted octanol–water partition coefficient (Wildman–Crippen LogP) is 3.52. The highest BCUT2D eigenvalue weighted by atomic mass is 32.1. The molecule has 0 saturated carbocycles. The average molecular weight is 224 g/mol. The largest absolute Gasteiger partial charge is 0.496 e. The van der Waals surface area contributed by atoms with Crippen molar-refractivity contribution in [2.75, 3.05) is 12.9 Å². The van der Waals surface area contributed by atoms with Crippen molar-refractivity contribution >= 4 is 12.6 Å². The Morgan fingerprint density at radius 2 is 1.87 bits per heavy atom. The van der Waals surface area contributed by atoms with Crippen molar-refractivity contribution in [3.8, 4) is 5.75 Å². The van der Waals surface area contributed by atoms with Crippen molar-refractivity contribution in [2.24, 2.45) is 0 Å². The fraction of sp³-hybridized carbons (Fsp3) is 0.538. The van der Waals surface area contributed by atoms with Crippen LogP contribution in [0.1, 0.15) is 30.5 Å². The van der Waals surface area contributed by atoms with Gasteiger partial charge in [0.05, 0.1) is 7.11 Å². The van der Waals surface area contributed by atoms with E-state index < -0.39 is 0 Å². The van der Waals surface area contributed by atoms with E-state index in [0.29, 0.717) is 0 Å². The number of hydrogen-bond donors (Lipinski definition) is 1. The quantitative estimate of drug-likeness (QED) is 0.773. The maximum Gasteiger partial charge on any atom is 0.125 e. The number of benzene rings is 1. The van der Waals surface area contributed by atoms with E-state index >= 15 is 0 Å². The molecule has 0 amide bonds. The smallest absolute Gasteiger partial charge is 0.125 e. The maximum absolute atomic E-state index is 5.49. The fourth-order valence-corrected chi connectivity index (χ4v) is 1.98. The fourth-order valence-electron chi connectivity index (χ4n) is 1.81. The molecule has 1 rings (SSSR count). The molecule has 0 radical (unpaired) electrons. The Hall–Kier alpha value is -0.630. The number of aryl methyl sites for hydroxylation is 2. The summed E-state index contributed by atoms with van der Waals surface area (Å²) in [5.74, 6) is 1.81. The highest BCUT2D eigenvalue weighted by Gasteiger charge is 2.24. The molecule has 15 heavy (non-hydrogen) atoms. The zero-order valence-electron chi connectivity index (χ0n) is 10.2. The highest BCUT2D eigenvalue weighted by Crippen LogP contribution is 2.35. The first kappa shape index (κ1) is 12.4. The molecule has 1 nitrogen and oxygen atoms in total. The van der Waals surface area contributed by atoms with E-state index in [2.05, 4.69) is 52.5 Å². The Bertz CT molecular complexity index is 356. The molecule has 1 aromatic rings. The Kier molecular flexibility index (Phi) is 3.72. The Balaban J connectivity index is 3.39. The molecule has 84 valence electrons. The van der Waals surface area contributed by atoms with E-state index in [1.165, 1.54) is 16.7 Å². The van der Waals surface area contributed by atoms with Crippen molar-refractivity contribution in [2.45, 2.75) is 33.1 Å². The monoisotopic (exact) mass is 224 g/mol. The van der Waals surface area contributed by atoms with Gasteiger partial charge in [-0.25, -0.2) is 0 Å². The standard InChI is InChI=1S/C13H20OS/c1-9-6-10(2)12(14-5)11(7-9)13(3,4)8-15/h6-7,15H,8H2,1-5H3. The van der Waals surface area contributed by atoms with Crippen LogP contribution in [0.25, 0.3) is 0 Å². The molecule has 0 N–H and O–H groups in total. The van der Waals surface area contributed by atoms with E-state index in [1.807, 2.05) is 0 Å². The molecule has 0 unspecified atom stereocenters. The van der Waals surface area contributed by atoms with Gasteiger partial charge in [0.1, 0.15) is 5.75 Å². The molecule has 0 aliphatic rings. The molecule has 0 fully saturated rings. The minimum atomic E-state index is 0.0469. The highest BCUT2D eigenvalue weighted by molar-refractivity contribution is 7.80. The number of rotatable bonds is 3. The van der Waals surface area contributed by atoms with Crippen LogP contribution in [0.5, 0.6) is 5.75 Å². The lowest BCUT2D eigenvalue weighted by molar-refractivity contribution is 0.395. The summed E-state index contributed by atoms with van der Waals surface area (Å²) in [7, 11) is 1.73. The van der Waals surface area contributed by atoms with Gasteiger partial charge in [0.15, 0.2) is 0 Å². The summed E-state index contributed by atoms with van der Waals surface area (Å²) in [6, 6.07) is 4.35. The summed E-state index contributed by atoms with van der Waals surface area (Å²) >= 11 is 4.41. The predicted molar refractivity (Wildman–Crippen MR) is 69.3 cm³/mol. The molecule has 1 aromatic carbocycles. The lowest BCUT2D eigenvalue weighted by Gasteiger charge is -2.26. The number of methoxy groups -OCH3 is 1. The van der Waals surface area contributed by atoms with Crippen molar-refractivity contribution in [1.29, 1.82) is 0 Å². The van der Waals surface area contributed by atoms with Crippen molar-refractivity contribution in [3.63, 3.8) is 0 Å². The summed E-state index contributed by atoms with van der Waals surface area (Å²) in [6.45, 7) is 8.59. The minimum Gasteiger partial charge on any atom is -0.496 e. The second-order valence-corrected chi connectivity index (χ2v) is 5.02. The number of thiol groups is 1. The summed E-state index contributed by atoms with van der Waals surface area (Å²) in [6.07, 6.45) is 0. The van der Waals surface area contributed by atoms with Gasteiger partial charge in [0, 0.05) is 11.0 Å². The summed E-state index contributed by atoms with van der Waals surface area (Å²) in [4.78, 5) is 0. The lowest BCUT2D eigenvalue weighted by atomic mass is 9.84. The molecule has 2 heteroatoms. The van der Waals surface area contributed by atoms with E-state index in [-0.39, 0.29) is 5.41 Å². The van der Waals surface area contributed by atoms with Crippen LogP contribution in [0.15, 0.2) is 12.1 Å². The van der Waals surface area contributed by atoms with Gasteiger partial charge in [0.25, 0.3) is 0 Å². The van der Waals surface area contributed by atoms with Crippen LogP contribution in [-0.4, -0.2) is 12.9 Å². The molecule has 0 aromatic heterocycles. The first-order valence-corrected chi connectivity index (χ1v) is 5.82. The average Bonchev–Trinajstić information content (AvgIpc) is 2.16. The molecule has 0 aliphatic carbocycles. The zero-order chi connectivity index (χ0) is 11.6. The molecule has 0 spiro atoms. The van der Waals surface area contributed by atoms with Gasteiger partial charge >= 0.3 is 0 Å². The van der Waals surface area contributed by atoms with Gasteiger partial charge in [-0.1, -0.05) is 31.5 Å². The third-order valence-electron chi connectivity index (χ3n) is 2.75. The van der Waals surface area contributed by atoms with Crippen LogP contribution < -0.4 is 4.74 Å². The molecule has 0 aliphatic heterocycles. The molecule has 0 atom stereocenters. The molecule has 0 bridgehead atoms. The van der Waals surface area contributed by atoms with Crippen LogP contribution in [0.4, 0.5) is 0 Å². The van der Waals surface area contributed by atoms with Crippen molar-refractivity contribution in [3.05, 3.63) is 28.8 Å². The first-order chi connectivity index (χ1) is 6.92. The number of ether oxygens (including phenoxy) is 1. The lowest BCUT2D eigenvalue weighted by Crippen LogP contribution is -2.20. The second kappa shape index (κ2) is 4.48. The minimum absolute atomic E-state index is 0.0469. The normalized spacial score (nSPS) is 11.6. The SMILES string of the molecule is COc1c(C)cc(C)cc1C(C)(C)CS. The van der Waals surface area contributed by atoms with Crippen molar-refractivity contribution < 1.29 is 4.74 Å². The Morgan fingerprint density at radius 1 is 1.27 bits per heavy atom. The Labute approximate surface area is 98.3 Å². The molecular formula is C13H20OS. The van der Waals surface area contributed by atoms with Gasteiger partial charge in [-0.05, 0) is 25.2 Å². The van der Waals surface area contributed by atoms with Gasteiger partial charge < -0.3 is 4.74 Å². The third-order valence-corrected chi connectivity index (χ3v) is 3.54. The maximum atomic E-state index is 5.49. The third kappa shape index (κ3) is 2.49. The van der Waals surface area contributed by atoms with Crippen LogP contribution in [0.3, 0.4) is 0 Å². The van der Waals surface area contributed by atoms with Crippen LogP contribution >= 0.6 is 12.6 Å². The van der Waals surface area contributed by atoms with Gasteiger partial charge in [-0.3, -0.25) is 0 Å². The van der Waals surface area contributed by atoms with Crippen LogP contribution in [0.2, 0.25) is 0 Å². The van der Waals surface area contributed by atoms with E-state index in [0.717, 1.165) is 11.5 Å².